The maximum Gasteiger partial charge on any atom is 0.248 e. The molecule has 0 unspecified atom stereocenters. The number of amides is 1. The number of hydrogen-bond donors (Lipinski definition) is 1. The van der Waals surface area contributed by atoms with Crippen LogP contribution in [-0.4, -0.2) is 18.4 Å². The number of primary amides is 1. The van der Waals surface area contributed by atoms with Gasteiger partial charge in [-0.1, -0.05) is 0 Å². The lowest BCUT2D eigenvalue weighted by Gasteiger charge is -2.03. The van der Waals surface area contributed by atoms with E-state index < -0.39 is 5.91 Å². The molecule has 0 saturated heterocycles. The minimum atomic E-state index is -0.493. The Morgan fingerprint density at radius 3 is 3.00 bits per heavy atom. The van der Waals surface area contributed by atoms with E-state index in [1.807, 2.05) is 0 Å². The van der Waals surface area contributed by atoms with Gasteiger partial charge in [0.2, 0.25) is 5.91 Å². The molecule has 1 radical (unpaired) electrons. The van der Waals surface area contributed by atoms with E-state index >= 15 is 0 Å². The summed E-state index contributed by atoms with van der Waals surface area (Å²) in [4.78, 5) is 10.7. The average Bonchev–Trinajstić information content (AvgIpc) is 2.15. The van der Waals surface area contributed by atoms with Crippen LogP contribution in [0.1, 0.15) is 10.4 Å². The van der Waals surface area contributed by atoms with Gasteiger partial charge in [-0.25, -0.2) is 0 Å². The predicted molar refractivity (Wildman–Crippen MR) is 50.0 cm³/mol. The highest BCUT2D eigenvalue weighted by Crippen LogP contribution is 2.12. The van der Waals surface area contributed by atoms with Crippen molar-refractivity contribution in [2.45, 2.75) is 0 Å². The molecule has 13 heavy (non-hydrogen) atoms. The highest BCUT2D eigenvalue weighted by atomic mass is 35.5. The number of benzene rings is 1. The van der Waals surface area contributed by atoms with Crippen molar-refractivity contribution in [2.75, 3.05) is 12.5 Å². The van der Waals surface area contributed by atoms with Crippen LogP contribution in [0.5, 0.6) is 5.75 Å². The van der Waals surface area contributed by atoms with E-state index in [0.29, 0.717) is 23.8 Å². The zero-order valence-corrected chi connectivity index (χ0v) is 7.67. The molecule has 0 fully saturated rings. The monoisotopic (exact) mass is 198 g/mol. The summed E-state index contributed by atoms with van der Waals surface area (Å²) >= 11 is 5.43. The topological polar surface area (TPSA) is 52.3 Å². The van der Waals surface area contributed by atoms with Crippen molar-refractivity contribution in [2.24, 2.45) is 5.73 Å². The number of hydrogen-bond acceptors (Lipinski definition) is 2. The molecule has 0 aliphatic rings. The van der Waals surface area contributed by atoms with Crippen molar-refractivity contribution in [3.8, 4) is 5.75 Å². The molecule has 1 aromatic rings. The molecular weight excluding hydrogens is 190 g/mol. The van der Waals surface area contributed by atoms with Crippen molar-refractivity contribution in [3.05, 3.63) is 29.8 Å². The zero-order chi connectivity index (χ0) is 9.68. The number of halogens is 1. The molecule has 0 aliphatic carbocycles. The van der Waals surface area contributed by atoms with Gasteiger partial charge in [0.25, 0.3) is 0 Å². The van der Waals surface area contributed by atoms with E-state index in [9.17, 15) is 4.79 Å². The Morgan fingerprint density at radius 1 is 1.62 bits per heavy atom. The Labute approximate surface area is 81.4 Å². The van der Waals surface area contributed by atoms with Crippen LogP contribution in [-0.2, 0) is 0 Å². The van der Waals surface area contributed by atoms with Gasteiger partial charge in [-0.2, -0.15) is 0 Å². The molecule has 0 aromatic heterocycles. The largest absolute Gasteiger partial charge is 0.492 e. The number of nitrogens with two attached hydrogens (primary N) is 1. The molecule has 69 valence electrons. The highest BCUT2D eigenvalue weighted by molar-refractivity contribution is 6.18. The smallest absolute Gasteiger partial charge is 0.248 e. The molecule has 0 atom stereocenters. The molecule has 0 bridgehead atoms. The summed E-state index contributed by atoms with van der Waals surface area (Å²) in [6.45, 7) is 0.400. The first kappa shape index (κ1) is 9.86. The number of rotatable bonds is 4. The summed E-state index contributed by atoms with van der Waals surface area (Å²) in [7, 11) is 0. The second-order valence-electron chi connectivity index (χ2n) is 2.36. The van der Waals surface area contributed by atoms with Gasteiger partial charge in [0.05, 0.1) is 5.88 Å². The Bertz CT molecular complexity index is 301. The van der Waals surface area contributed by atoms with Crippen molar-refractivity contribution >= 4 is 17.5 Å². The van der Waals surface area contributed by atoms with E-state index in [4.69, 9.17) is 22.1 Å². The van der Waals surface area contributed by atoms with Crippen LogP contribution in [0.2, 0.25) is 0 Å². The van der Waals surface area contributed by atoms with Crippen LogP contribution in [0.3, 0.4) is 0 Å². The highest BCUT2D eigenvalue weighted by Gasteiger charge is 2.01. The Morgan fingerprint density at radius 2 is 2.38 bits per heavy atom. The molecule has 3 nitrogen and oxygen atoms in total. The lowest BCUT2D eigenvalue weighted by molar-refractivity contribution is 0.1000. The molecule has 1 aromatic carbocycles. The maximum atomic E-state index is 10.7. The third kappa shape index (κ3) is 2.95. The molecular formula is C9H9ClNO2. The first-order valence-corrected chi connectivity index (χ1v) is 4.27. The molecule has 4 heteroatoms. The summed E-state index contributed by atoms with van der Waals surface area (Å²) < 4.78 is 5.18. The van der Waals surface area contributed by atoms with E-state index in [1.54, 1.807) is 12.1 Å². The summed E-state index contributed by atoms with van der Waals surface area (Å²) in [5, 5.41) is 0. The van der Waals surface area contributed by atoms with E-state index in [1.165, 1.54) is 6.07 Å². The van der Waals surface area contributed by atoms with Crippen LogP contribution >= 0.6 is 11.6 Å². The third-order valence-corrected chi connectivity index (χ3v) is 1.55. The number of carbonyl (C=O) groups excluding carboxylic acids is 1. The lowest BCUT2D eigenvalue weighted by Crippen LogP contribution is -2.11. The van der Waals surface area contributed by atoms with Crippen LogP contribution in [0.25, 0.3) is 0 Å². The Balaban J connectivity index is 2.73. The fourth-order valence-corrected chi connectivity index (χ4v) is 0.909. The van der Waals surface area contributed by atoms with Crippen LogP contribution in [0, 0.1) is 6.07 Å². The first-order chi connectivity index (χ1) is 6.24. The van der Waals surface area contributed by atoms with E-state index in [-0.39, 0.29) is 0 Å². The molecule has 0 saturated carbocycles. The molecule has 2 N–H and O–H groups in total. The molecule has 0 heterocycles. The third-order valence-electron chi connectivity index (χ3n) is 1.39. The quantitative estimate of drug-likeness (QED) is 0.740. The molecule has 1 rings (SSSR count). The Kier molecular flexibility index (Phi) is 3.58. The summed E-state index contributed by atoms with van der Waals surface area (Å²) in [6, 6.07) is 7.45. The molecule has 0 spiro atoms. The normalized spacial score (nSPS) is 9.62. The lowest BCUT2D eigenvalue weighted by atomic mass is 10.2. The van der Waals surface area contributed by atoms with Crippen LogP contribution < -0.4 is 10.5 Å². The fourth-order valence-electron chi connectivity index (χ4n) is 0.832. The van der Waals surface area contributed by atoms with Crippen molar-refractivity contribution in [1.82, 2.24) is 0 Å². The zero-order valence-electron chi connectivity index (χ0n) is 6.92. The Hall–Kier alpha value is -1.22. The van der Waals surface area contributed by atoms with Gasteiger partial charge in [-0.15, -0.1) is 11.6 Å². The number of alkyl halides is 1. The summed E-state index contributed by atoms with van der Waals surface area (Å²) in [5.41, 5.74) is 5.45. The summed E-state index contributed by atoms with van der Waals surface area (Å²) in [6.07, 6.45) is 0. The minimum absolute atomic E-state index is 0.382. The average molecular weight is 199 g/mol. The second-order valence-corrected chi connectivity index (χ2v) is 2.74. The van der Waals surface area contributed by atoms with Gasteiger partial charge in [0.1, 0.15) is 12.4 Å². The van der Waals surface area contributed by atoms with Gasteiger partial charge in [0.15, 0.2) is 0 Å². The van der Waals surface area contributed by atoms with Gasteiger partial charge < -0.3 is 10.5 Å². The summed E-state index contributed by atoms with van der Waals surface area (Å²) in [5.74, 6) is 0.463. The fraction of sp³-hybridized carbons (Fsp3) is 0.222. The minimum Gasteiger partial charge on any atom is -0.492 e. The van der Waals surface area contributed by atoms with Crippen molar-refractivity contribution in [1.29, 1.82) is 0 Å². The van der Waals surface area contributed by atoms with Gasteiger partial charge >= 0.3 is 0 Å². The number of ether oxygens (including phenoxy) is 1. The number of carbonyl (C=O) groups is 1. The molecule has 1 amide bonds. The van der Waals surface area contributed by atoms with Crippen molar-refractivity contribution < 1.29 is 9.53 Å². The predicted octanol–water partition coefficient (Wildman–Crippen LogP) is 1.20. The van der Waals surface area contributed by atoms with E-state index in [2.05, 4.69) is 6.07 Å². The van der Waals surface area contributed by atoms with Gasteiger partial charge in [-0.05, 0) is 24.3 Å². The maximum absolute atomic E-state index is 10.7. The van der Waals surface area contributed by atoms with Gasteiger partial charge in [-0.3, -0.25) is 4.79 Å². The second kappa shape index (κ2) is 4.72. The van der Waals surface area contributed by atoms with Gasteiger partial charge in [0, 0.05) is 5.56 Å². The standard InChI is InChI=1S/C9H9ClNO2/c10-4-5-13-8-3-1-2-7(6-8)9(11)12/h2-3,6H,4-5H2,(H2,11,12). The van der Waals surface area contributed by atoms with Crippen LogP contribution in [0.4, 0.5) is 0 Å². The molecule has 0 aliphatic heterocycles. The van der Waals surface area contributed by atoms with E-state index in [0.717, 1.165) is 0 Å². The van der Waals surface area contributed by atoms with Crippen molar-refractivity contribution in [3.63, 3.8) is 0 Å². The van der Waals surface area contributed by atoms with Crippen LogP contribution in [0.15, 0.2) is 18.2 Å². The SMILES string of the molecule is NC(=O)c1c[c]cc(OCCCl)c1. The first-order valence-electron chi connectivity index (χ1n) is 3.73.